The quantitative estimate of drug-likeness (QED) is 0.790. The van der Waals surface area contributed by atoms with Crippen molar-refractivity contribution in [2.24, 2.45) is 0 Å². The van der Waals surface area contributed by atoms with Gasteiger partial charge in [0.25, 0.3) is 5.22 Å². The zero-order chi connectivity index (χ0) is 16.1. The van der Waals surface area contributed by atoms with Crippen LogP contribution in [-0.4, -0.2) is 28.1 Å². The molecule has 0 radical (unpaired) electrons. The molecule has 8 heteroatoms. The fourth-order valence-corrected chi connectivity index (χ4v) is 3.17. The predicted octanol–water partition coefficient (Wildman–Crippen LogP) is 3.93. The average Bonchev–Trinajstić information content (AvgIpc) is 2.89. The average molecular weight is 358 g/mol. The lowest BCUT2D eigenvalue weighted by Gasteiger charge is -2.11. The van der Waals surface area contributed by atoms with Crippen LogP contribution in [0.15, 0.2) is 21.8 Å². The molecule has 1 amide bonds. The van der Waals surface area contributed by atoms with Gasteiger partial charge in [-0.1, -0.05) is 29.4 Å². The maximum Gasteiger partial charge on any atom is 0.277 e. The summed E-state index contributed by atoms with van der Waals surface area (Å²) >= 11 is 8.97. The Morgan fingerprint density at radius 2 is 2.14 bits per heavy atom. The van der Waals surface area contributed by atoms with E-state index in [1.54, 1.807) is 11.8 Å². The lowest BCUT2D eigenvalue weighted by Crippen LogP contribution is -2.15. The van der Waals surface area contributed by atoms with Gasteiger partial charge in [-0.2, -0.15) is 11.8 Å². The first-order chi connectivity index (χ1) is 10.5. The molecule has 0 fully saturated rings. The van der Waals surface area contributed by atoms with Gasteiger partial charge in [0.1, 0.15) is 0 Å². The Morgan fingerprint density at radius 3 is 2.82 bits per heavy atom. The number of aromatic nitrogens is 2. The molecule has 0 aliphatic carbocycles. The van der Waals surface area contributed by atoms with Gasteiger partial charge >= 0.3 is 0 Å². The van der Waals surface area contributed by atoms with Gasteiger partial charge in [0.15, 0.2) is 0 Å². The molecule has 22 heavy (non-hydrogen) atoms. The summed E-state index contributed by atoms with van der Waals surface area (Å²) in [5, 5.41) is 11.5. The minimum absolute atomic E-state index is 0.163. The van der Waals surface area contributed by atoms with E-state index in [0.717, 1.165) is 11.1 Å². The van der Waals surface area contributed by atoms with E-state index < -0.39 is 0 Å². The van der Waals surface area contributed by atoms with Gasteiger partial charge in [-0.25, -0.2) is 0 Å². The number of aryl methyl sites for hydroxylation is 2. The number of benzene rings is 1. The van der Waals surface area contributed by atoms with Crippen LogP contribution in [0.4, 0.5) is 5.69 Å². The maximum atomic E-state index is 12.0. The number of amides is 1. The van der Waals surface area contributed by atoms with Crippen molar-refractivity contribution < 1.29 is 9.21 Å². The topological polar surface area (TPSA) is 68.0 Å². The van der Waals surface area contributed by atoms with Gasteiger partial charge in [0.2, 0.25) is 11.8 Å². The highest BCUT2D eigenvalue weighted by molar-refractivity contribution is 7.99. The van der Waals surface area contributed by atoms with Crippen LogP contribution < -0.4 is 5.32 Å². The fourth-order valence-electron chi connectivity index (χ4n) is 1.86. The molecule has 1 N–H and O–H groups in total. The molecule has 0 spiro atoms. The second kappa shape index (κ2) is 7.89. The number of halogens is 1. The standard InChI is InChI=1S/C14H16ClN3O2S2/c1-8-4-9(2)13(10(15)5-8)16-11(19)6-22-14-18-17-12(20-14)7-21-3/h4-5H,6-7H2,1-3H3,(H,16,19). The van der Waals surface area contributed by atoms with Crippen LogP contribution in [0.2, 0.25) is 5.02 Å². The number of anilines is 1. The van der Waals surface area contributed by atoms with Crippen LogP contribution in [0.25, 0.3) is 0 Å². The third-order valence-corrected chi connectivity index (χ3v) is 4.39. The molecular formula is C14H16ClN3O2S2. The Hall–Kier alpha value is -1.18. The summed E-state index contributed by atoms with van der Waals surface area (Å²) in [6, 6.07) is 3.80. The number of nitrogens with one attached hydrogen (secondary N) is 1. The Bertz CT molecular complexity index is 653. The molecule has 1 heterocycles. The second-order valence-corrected chi connectivity index (χ2v) is 6.87. The number of carbonyl (C=O) groups excluding carboxylic acids is 1. The second-order valence-electron chi connectivity index (χ2n) is 4.67. The summed E-state index contributed by atoms with van der Waals surface area (Å²) in [4.78, 5) is 12.0. The Balaban J connectivity index is 1.93. The third-order valence-electron chi connectivity index (χ3n) is 2.74. The van der Waals surface area contributed by atoms with Gasteiger partial charge < -0.3 is 9.73 Å². The van der Waals surface area contributed by atoms with Gasteiger partial charge in [0.05, 0.1) is 22.2 Å². The van der Waals surface area contributed by atoms with E-state index in [0.29, 0.717) is 27.6 Å². The van der Waals surface area contributed by atoms with Gasteiger partial charge in [0, 0.05) is 0 Å². The van der Waals surface area contributed by atoms with Crippen LogP contribution in [0.5, 0.6) is 0 Å². The molecule has 2 rings (SSSR count). The molecule has 1 aromatic heterocycles. The first-order valence-corrected chi connectivity index (χ1v) is 9.26. The van der Waals surface area contributed by atoms with Crippen LogP contribution in [0, 0.1) is 13.8 Å². The summed E-state index contributed by atoms with van der Waals surface area (Å²) < 4.78 is 5.40. The molecule has 0 atom stereocenters. The Morgan fingerprint density at radius 1 is 1.36 bits per heavy atom. The van der Waals surface area contributed by atoms with Crippen molar-refractivity contribution in [2.75, 3.05) is 17.3 Å². The summed E-state index contributed by atoms with van der Waals surface area (Å²) in [5.41, 5.74) is 2.64. The van der Waals surface area contributed by atoms with Crippen LogP contribution >= 0.6 is 35.1 Å². The van der Waals surface area contributed by atoms with Gasteiger partial charge in [-0.3, -0.25) is 4.79 Å². The zero-order valence-corrected chi connectivity index (χ0v) is 14.9. The molecule has 118 valence electrons. The fraction of sp³-hybridized carbons (Fsp3) is 0.357. The summed E-state index contributed by atoms with van der Waals surface area (Å²) in [7, 11) is 0. The number of nitrogens with zero attached hydrogens (tertiary/aromatic N) is 2. The van der Waals surface area contributed by atoms with Gasteiger partial charge in [-0.05, 0) is 37.3 Å². The lowest BCUT2D eigenvalue weighted by atomic mass is 10.1. The molecule has 2 aromatic rings. The Kier molecular flexibility index (Phi) is 6.16. The van der Waals surface area contributed by atoms with Gasteiger partial charge in [-0.15, -0.1) is 10.2 Å². The summed E-state index contributed by atoms with van der Waals surface area (Å²) in [5.74, 6) is 1.25. The maximum absolute atomic E-state index is 12.0. The van der Waals surface area contributed by atoms with Crippen molar-refractivity contribution >= 4 is 46.7 Å². The molecular weight excluding hydrogens is 342 g/mol. The highest BCUT2D eigenvalue weighted by atomic mass is 35.5. The molecule has 0 saturated carbocycles. The molecule has 0 bridgehead atoms. The van der Waals surface area contributed by atoms with E-state index in [-0.39, 0.29) is 11.7 Å². The van der Waals surface area contributed by atoms with Crippen molar-refractivity contribution in [3.8, 4) is 0 Å². The number of thioether (sulfide) groups is 2. The minimum atomic E-state index is -0.163. The molecule has 0 unspecified atom stereocenters. The highest BCUT2D eigenvalue weighted by Crippen LogP contribution is 2.27. The Labute approximate surface area is 142 Å². The van der Waals surface area contributed by atoms with E-state index in [2.05, 4.69) is 15.5 Å². The number of rotatable bonds is 6. The van der Waals surface area contributed by atoms with E-state index in [1.807, 2.05) is 32.2 Å². The number of carbonyl (C=O) groups is 1. The molecule has 0 aliphatic heterocycles. The first kappa shape index (κ1) is 17.2. The van der Waals surface area contributed by atoms with E-state index >= 15 is 0 Å². The minimum Gasteiger partial charge on any atom is -0.415 e. The first-order valence-electron chi connectivity index (χ1n) is 6.50. The summed E-state index contributed by atoms with van der Waals surface area (Å²) in [6.07, 6.45) is 1.96. The van der Waals surface area contributed by atoms with Crippen molar-refractivity contribution in [3.05, 3.63) is 34.2 Å². The SMILES string of the molecule is CSCc1nnc(SCC(=O)Nc2c(C)cc(C)cc2Cl)o1. The smallest absolute Gasteiger partial charge is 0.277 e. The molecule has 0 aliphatic rings. The van der Waals surface area contributed by atoms with Crippen molar-refractivity contribution in [3.63, 3.8) is 0 Å². The van der Waals surface area contributed by atoms with Crippen LogP contribution in [0.3, 0.4) is 0 Å². The largest absolute Gasteiger partial charge is 0.415 e. The molecule has 5 nitrogen and oxygen atoms in total. The lowest BCUT2D eigenvalue weighted by molar-refractivity contribution is -0.113. The third kappa shape index (κ3) is 4.66. The van der Waals surface area contributed by atoms with E-state index in [1.165, 1.54) is 11.8 Å². The van der Waals surface area contributed by atoms with Crippen molar-refractivity contribution in [1.29, 1.82) is 0 Å². The predicted molar refractivity (Wildman–Crippen MR) is 91.8 cm³/mol. The van der Waals surface area contributed by atoms with Crippen molar-refractivity contribution in [2.45, 2.75) is 24.8 Å². The molecule has 1 aromatic carbocycles. The summed E-state index contributed by atoms with van der Waals surface area (Å²) in [6.45, 7) is 3.87. The number of hydrogen-bond donors (Lipinski definition) is 1. The monoisotopic (exact) mass is 357 g/mol. The van der Waals surface area contributed by atoms with Crippen molar-refractivity contribution in [1.82, 2.24) is 10.2 Å². The normalized spacial score (nSPS) is 10.7. The van der Waals surface area contributed by atoms with E-state index in [4.69, 9.17) is 16.0 Å². The van der Waals surface area contributed by atoms with E-state index in [9.17, 15) is 4.79 Å². The zero-order valence-electron chi connectivity index (χ0n) is 12.5. The van der Waals surface area contributed by atoms with Crippen LogP contribution in [-0.2, 0) is 10.5 Å². The molecule has 0 saturated heterocycles. The highest BCUT2D eigenvalue weighted by Gasteiger charge is 2.12. The van der Waals surface area contributed by atoms with Crippen LogP contribution in [0.1, 0.15) is 17.0 Å². The number of hydrogen-bond acceptors (Lipinski definition) is 6.